The molecule has 2 heterocycles. The maximum Gasteiger partial charge on any atom is 0.119 e. The number of rotatable bonds is 6. The van der Waals surface area contributed by atoms with E-state index in [1.807, 2.05) is 30.3 Å². The van der Waals surface area contributed by atoms with E-state index in [2.05, 4.69) is 17.3 Å². The molecule has 2 aliphatic rings. The molecule has 2 bridgehead atoms. The highest BCUT2D eigenvalue weighted by atomic mass is 16.5. The number of nitrogens with zero attached hydrogens (tertiary/aromatic N) is 1. The summed E-state index contributed by atoms with van der Waals surface area (Å²) in [6, 6.07) is 12.4. The van der Waals surface area contributed by atoms with Gasteiger partial charge in [-0.2, -0.15) is 0 Å². The minimum atomic E-state index is 0.769. The lowest BCUT2D eigenvalue weighted by Crippen LogP contribution is -2.47. The van der Waals surface area contributed by atoms with Crippen LogP contribution < -0.4 is 10.1 Å². The first kappa shape index (κ1) is 13.9. The van der Waals surface area contributed by atoms with Crippen molar-refractivity contribution in [3.63, 3.8) is 0 Å². The standard InChI is InChI=1S/C17H26N2O/c1-19(16-12-14-8-9-15(13-16)18-14)10-5-11-20-17-6-3-2-4-7-17/h2-4,6-7,14-16,18H,5,8-13H2,1H3. The highest BCUT2D eigenvalue weighted by Crippen LogP contribution is 2.29. The Balaban J connectivity index is 1.36. The van der Waals surface area contributed by atoms with Crippen molar-refractivity contribution in [2.75, 3.05) is 20.2 Å². The van der Waals surface area contributed by atoms with Crippen molar-refractivity contribution in [3.05, 3.63) is 30.3 Å². The second-order valence-electron chi connectivity index (χ2n) is 6.26. The molecular weight excluding hydrogens is 248 g/mol. The molecular formula is C17H26N2O. The van der Waals surface area contributed by atoms with Crippen molar-refractivity contribution in [1.82, 2.24) is 10.2 Å². The quantitative estimate of drug-likeness (QED) is 0.807. The summed E-state index contributed by atoms with van der Waals surface area (Å²) in [7, 11) is 2.28. The van der Waals surface area contributed by atoms with Gasteiger partial charge >= 0.3 is 0 Å². The molecule has 0 saturated carbocycles. The van der Waals surface area contributed by atoms with Gasteiger partial charge in [0.2, 0.25) is 0 Å². The molecule has 3 rings (SSSR count). The molecule has 2 saturated heterocycles. The van der Waals surface area contributed by atoms with Crippen LogP contribution in [-0.2, 0) is 0 Å². The third kappa shape index (κ3) is 3.53. The molecule has 0 aromatic heterocycles. The van der Waals surface area contributed by atoms with Gasteiger partial charge in [0, 0.05) is 24.7 Å². The third-order valence-electron chi connectivity index (χ3n) is 4.74. The van der Waals surface area contributed by atoms with E-state index in [1.54, 1.807) is 0 Å². The first-order valence-electron chi connectivity index (χ1n) is 7.95. The van der Waals surface area contributed by atoms with Gasteiger partial charge < -0.3 is 15.0 Å². The van der Waals surface area contributed by atoms with Crippen molar-refractivity contribution in [3.8, 4) is 5.75 Å². The van der Waals surface area contributed by atoms with E-state index < -0.39 is 0 Å². The Hall–Kier alpha value is -1.06. The largest absolute Gasteiger partial charge is 0.494 e. The molecule has 110 valence electrons. The van der Waals surface area contributed by atoms with Crippen LogP contribution >= 0.6 is 0 Å². The van der Waals surface area contributed by atoms with Crippen molar-refractivity contribution >= 4 is 0 Å². The molecule has 0 spiro atoms. The summed E-state index contributed by atoms with van der Waals surface area (Å²) in [5, 5.41) is 3.71. The Labute approximate surface area is 122 Å². The second kappa shape index (κ2) is 6.59. The van der Waals surface area contributed by atoms with E-state index in [1.165, 1.54) is 25.7 Å². The summed E-state index contributed by atoms with van der Waals surface area (Å²) >= 11 is 0. The number of hydrogen-bond acceptors (Lipinski definition) is 3. The molecule has 3 heteroatoms. The van der Waals surface area contributed by atoms with Gasteiger partial charge in [-0.3, -0.25) is 0 Å². The Morgan fingerprint density at radius 3 is 2.55 bits per heavy atom. The van der Waals surface area contributed by atoms with E-state index in [-0.39, 0.29) is 0 Å². The fraction of sp³-hybridized carbons (Fsp3) is 0.647. The van der Waals surface area contributed by atoms with E-state index in [4.69, 9.17) is 4.74 Å². The molecule has 2 aliphatic heterocycles. The van der Waals surface area contributed by atoms with Gasteiger partial charge in [0.1, 0.15) is 5.75 Å². The number of benzene rings is 1. The van der Waals surface area contributed by atoms with Crippen LogP contribution in [-0.4, -0.2) is 43.2 Å². The Kier molecular flexibility index (Phi) is 4.58. The summed E-state index contributed by atoms with van der Waals surface area (Å²) in [5.74, 6) is 0.982. The summed E-state index contributed by atoms with van der Waals surface area (Å²) in [4.78, 5) is 2.54. The number of ether oxygens (including phenoxy) is 1. The lowest BCUT2D eigenvalue weighted by molar-refractivity contribution is 0.161. The molecule has 2 fully saturated rings. The first-order valence-corrected chi connectivity index (χ1v) is 7.95. The molecule has 3 nitrogen and oxygen atoms in total. The topological polar surface area (TPSA) is 24.5 Å². The first-order chi connectivity index (χ1) is 9.81. The van der Waals surface area contributed by atoms with E-state index >= 15 is 0 Å². The normalized spacial score (nSPS) is 28.8. The summed E-state index contributed by atoms with van der Waals surface area (Å²) in [6.45, 7) is 1.95. The smallest absolute Gasteiger partial charge is 0.119 e. The Morgan fingerprint density at radius 1 is 1.15 bits per heavy atom. The molecule has 1 aromatic carbocycles. The third-order valence-corrected chi connectivity index (χ3v) is 4.74. The van der Waals surface area contributed by atoms with Gasteiger partial charge in [0.15, 0.2) is 0 Å². The monoisotopic (exact) mass is 274 g/mol. The SMILES string of the molecule is CN(CCCOc1ccccc1)C1CC2CCC(C1)N2. The van der Waals surface area contributed by atoms with Crippen LogP contribution in [0, 0.1) is 0 Å². The van der Waals surface area contributed by atoms with Gasteiger partial charge in [0.05, 0.1) is 6.61 Å². The summed E-state index contributed by atoms with van der Waals surface area (Å²) in [5.41, 5.74) is 0. The number of para-hydroxylation sites is 1. The summed E-state index contributed by atoms with van der Waals surface area (Å²) in [6.07, 6.45) is 6.52. The number of fused-ring (bicyclic) bond motifs is 2. The van der Waals surface area contributed by atoms with Crippen LogP contribution in [0.3, 0.4) is 0 Å². The van der Waals surface area contributed by atoms with Gasteiger partial charge in [-0.05, 0) is 51.3 Å². The zero-order chi connectivity index (χ0) is 13.8. The van der Waals surface area contributed by atoms with Crippen LogP contribution in [0.5, 0.6) is 5.75 Å². The molecule has 1 aromatic rings. The molecule has 2 unspecified atom stereocenters. The summed E-state index contributed by atoms with van der Waals surface area (Å²) < 4.78 is 5.76. The zero-order valence-electron chi connectivity index (χ0n) is 12.4. The fourth-order valence-corrected chi connectivity index (χ4v) is 3.59. The van der Waals surface area contributed by atoms with Gasteiger partial charge in [-0.1, -0.05) is 18.2 Å². The highest BCUT2D eigenvalue weighted by Gasteiger charge is 2.34. The van der Waals surface area contributed by atoms with Crippen molar-refractivity contribution in [2.24, 2.45) is 0 Å². The average Bonchev–Trinajstić information content (AvgIpc) is 2.83. The number of hydrogen-bond donors (Lipinski definition) is 1. The van der Waals surface area contributed by atoms with Gasteiger partial charge in [-0.25, -0.2) is 0 Å². The van der Waals surface area contributed by atoms with Crippen LogP contribution in [0.4, 0.5) is 0 Å². The number of piperidine rings is 1. The van der Waals surface area contributed by atoms with Gasteiger partial charge in [0.25, 0.3) is 0 Å². The van der Waals surface area contributed by atoms with E-state index in [0.29, 0.717) is 0 Å². The lowest BCUT2D eigenvalue weighted by atomic mass is 9.98. The second-order valence-corrected chi connectivity index (χ2v) is 6.26. The minimum absolute atomic E-state index is 0.769. The van der Waals surface area contributed by atoms with E-state index in [9.17, 15) is 0 Å². The van der Waals surface area contributed by atoms with Crippen LogP contribution in [0.15, 0.2) is 30.3 Å². The number of nitrogens with one attached hydrogen (secondary N) is 1. The predicted octanol–water partition coefficient (Wildman–Crippen LogP) is 2.67. The molecule has 0 aliphatic carbocycles. The molecule has 2 atom stereocenters. The maximum atomic E-state index is 5.76. The van der Waals surface area contributed by atoms with Crippen LogP contribution in [0.1, 0.15) is 32.1 Å². The van der Waals surface area contributed by atoms with Crippen molar-refractivity contribution < 1.29 is 4.74 Å². The van der Waals surface area contributed by atoms with Crippen molar-refractivity contribution in [1.29, 1.82) is 0 Å². The van der Waals surface area contributed by atoms with Crippen LogP contribution in [0.2, 0.25) is 0 Å². The molecule has 0 radical (unpaired) electrons. The average molecular weight is 274 g/mol. The zero-order valence-corrected chi connectivity index (χ0v) is 12.4. The maximum absolute atomic E-state index is 5.76. The van der Waals surface area contributed by atoms with Crippen LogP contribution in [0.25, 0.3) is 0 Å². The Morgan fingerprint density at radius 2 is 1.85 bits per heavy atom. The van der Waals surface area contributed by atoms with E-state index in [0.717, 1.165) is 43.4 Å². The highest BCUT2D eigenvalue weighted by molar-refractivity contribution is 5.20. The molecule has 0 amide bonds. The van der Waals surface area contributed by atoms with Gasteiger partial charge in [-0.15, -0.1) is 0 Å². The molecule has 1 N–H and O–H groups in total. The minimum Gasteiger partial charge on any atom is -0.494 e. The molecule has 20 heavy (non-hydrogen) atoms. The predicted molar refractivity (Wildman–Crippen MR) is 82.2 cm³/mol. The van der Waals surface area contributed by atoms with Crippen molar-refractivity contribution in [2.45, 2.75) is 50.2 Å². The Bertz CT molecular complexity index is 397. The fourth-order valence-electron chi connectivity index (χ4n) is 3.59. The lowest BCUT2D eigenvalue weighted by Gasteiger charge is -2.35.